The molecule has 0 saturated carbocycles. The van der Waals surface area contributed by atoms with Gasteiger partial charge in [-0.05, 0) is 29.0 Å². The molecule has 0 aliphatic carbocycles. The molecule has 0 bridgehead atoms. The van der Waals surface area contributed by atoms with Crippen LogP contribution in [-0.4, -0.2) is 23.2 Å². The van der Waals surface area contributed by atoms with Gasteiger partial charge in [0.05, 0.1) is 5.58 Å². The van der Waals surface area contributed by atoms with Gasteiger partial charge in [-0.15, -0.1) is 23.8 Å². The van der Waals surface area contributed by atoms with Crippen LogP contribution < -0.4 is 4.40 Å². The smallest absolute Gasteiger partial charge is 0 e. The summed E-state index contributed by atoms with van der Waals surface area (Å²) in [5.74, 6) is 5.97. The van der Waals surface area contributed by atoms with Gasteiger partial charge in [-0.2, -0.15) is 0 Å². The van der Waals surface area contributed by atoms with Crippen molar-refractivity contribution >= 4 is 39.6 Å². The third kappa shape index (κ3) is 8.48. The third-order valence-electron chi connectivity index (χ3n) is 8.74. The van der Waals surface area contributed by atoms with Gasteiger partial charge in [0, 0.05) is 39.0 Å². The number of rotatable bonds is 7. The van der Waals surface area contributed by atoms with Crippen molar-refractivity contribution < 1.29 is 28.6 Å². The molecule has 51 heavy (non-hydrogen) atoms. The Balaban J connectivity index is 0.000000182. The fourth-order valence-electron chi connectivity index (χ4n) is 6.02. The Kier molecular flexibility index (Phi) is 10.2. The number of hydrogen-bond donors (Lipinski definition) is 0. The number of furan rings is 1. The zero-order valence-electron chi connectivity index (χ0n) is 32.1. The second-order valence-corrected chi connectivity index (χ2v) is 23.8. The maximum absolute atomic E-state index is 8.93. The van der Waals surface area contributed by atoms with Crippen molar-refractivity contribution in [2.45, 2.75) is 36.5 Å². The van der Waals surface area contributed by atoms with Gasteiger partial charge in [0.15, 0.2) is 0 Å². The molecule has 8 rings (SSSR count). The fraction of sp³-hybridized carbons (Fsp3) is 0.130. The fourth-order valence-corrected chi connectivity index (χ4v) is 8.94. The van der Waals surface area contributed by atoms with Gasteiger partial charge < -0.3 is 9.40 Å². The van der Waals surface area contributed by atoms with E-state index in [0.29, 0.717) is 5.56 Å². The van der Waals surface area contributed by atoms with E-state index in [1.54, 1.807) is 6.20 Å². The molecule has 5 heteroatoms. The number of fused-ring (bicyclic) bond motifs is 3. The zero-order valence-corrected chi connectivity index (χ0v) is 33.6. The van der Waals surface area contributed by atoms with Gasteiger partial charge in [-0.3, -0.25) is 0 Å². The molecule has 3 aromatic heterocycles. The second kappa shape index (κ2) is 16.2. The van der Waals surface area contributed by atoms with E-state index >= 15 is 0 Å². The first-order chi connectivity index (χ1) is 25.4. The summed E-state index contributed by atoms with van der Waals surface area (Å²) in [6.45, 7) is 1.91. The number of benzene rings is 5. The van der Waals surface area contributed by atoms with Crippen LogP contribution in [0.15, 0.2) is 156 Å². The molecular formula is C46H40GeIrN2O-2. The van der Waals surface area contributed by atoms with Gasteiger partial charge in [0.2, 0.25) is 0 Å². The summed E-state index contributed by atoms with van der Waals surface area (Å²) in [7, 11) is 0. The van der Waals surface area contributed by atoms with E-state index in [1.807, 2.05) is 141 Å². The van der Waals surface area contributed by atoms with Crippen LogP contribution in [0, 0.1) is 12.1 Å². The van der Waals surface area contributed by atoms with Crippen molar-refractivity contribution in [2.24, 2.45) is 0 Å². The molecule has 0 saturated heterocycles. The maximum atomic E-state index is 8.93. The first-order valence-corrected chi connectivity index (χ1v) is 24.2. The molecule has 1 atom stereocenters. The topological polar surface area (TPSA) is 38.9 Å². The van der Waals surface area contributed by atoms with E-state index in [4.69, 9.17) is 8.53 Å². The Hall–Kier alpha value is -4.61. The SMILES string of the molecule is [2H]C(C)(c1ccccc1)c1ccnc(-c2[c-]cc3oc4ccccc4c3c2)c1.[2H]C([2H])(c1ccccc1)c1cc(-c2[c-]cccc2)nc[c]1[Ge]([CH3])([CH3])[CH3].[Ir]. The van der Waals surface area contributed by atoms with Crippen molar-refractivity contribution in [3.63, 3.8) is 0 Å². The first-order valence-electron chi connectivity index (χ1n) is 18.3. The summed E-state index contributed by atoms with van der Waals surface area (Å²) in [5, 5.41) is 2.13. The van der Waals surface area contributed by atoms with Gasteiger partial charge in [-0.1, -0.05) is 66.9 Å². The Morgan fingerprint density at radius 2 is 1.41 bits per heavy atom. The summed E-state index contributed by atoms with van der Waals surface area (Å²) in [4.78, 5) is 9.18. The summed E-state index contributed by atoms with van der Waals surface area (Å²) in [6.07, 6.45) is 2.11. The number of hydrogen-bond acceptors (Lipinski definition) is 3. The van der Waals surface area contributed by atoms with E-state index < -0.39 is 25.5 Å². The minimum Gasteiger partial charge on any atom is 0 e. The molecule has 3 heterocycles. The minimum atomic E-state index is -2.30. The quantitative estimate of drug-likeness (QED) is 0.118. The number of aromatic nitrogens is 2. The minimum absolute atomic E-state index is 0. The van der Waals surface area contributed by atoms with Crippen molar-refractivity contribution in [1.29, 1.82) is 0 Å². The second-order valence-electron chi connectivity index (χ2n) is 13.3. The van der Waals surface area contributed by atoms with Crippen LogP contribution in [0.3, 0.4) is 0 Å². The van der Waals surface area contributed by atoms with Crippen molar-refractivity contribution in [1.82, 2.24) is 9.97 Å². The summed E-state index contributed by atoms with van der Waals surface area (Å²) in [5.41, 5.74) is 8.31. The normalized spacial score (nSPS) is 13.5. The van der Waals surface area contributed by atoms with Crippen LogP contribution in [0.1, 0.15) is 39.2 Å². The Labute approximate surface area is 321 Å². The molecule has 1 radical (unpaired) electrons. The number of nitrogens with zero attached hydrogens (tertiary/aromatic N) is 2. The summed E-state index contributed by atoms with van der Waals surface area (Å²) in [6, 6.07) is 51.2. The van der Waals surface area contributed by atoms with Gasteiger partial charge >= 0.3 is 144 Å². The molecule has 3 nitrogen and oxygen atoms in total. The van der Waals surface area contributed by atoms with E-state index in [1.165, 1.54) is 0 Å². The largest absolute Gasteiger partial charge is 0 e. The Morgan fingerprint density at radius 3 is 2.16 bits per heavy atom. The van der Waals surface area contributed by atoms with Gasteiger partial charge in [0.25, 0.3) is 0 Å². The average Bonchev–Trinajstić information content (AvgIpc) is 3.57. The molecule has 8 aromatic rings. The van der Waals surface area contributed by atoms with E-state index in [-0.39, 0.29) is 20.1 Å². The summed E-state index contributed by atoms with van der Waals surface area (Å²) >= 11 is -2.30. The first kappa shape index (κ1) is 32.3. The number of para-hydroxylation sites is 1. The molecule has 5 aromatic carbocycles. The molecule has 1 unspecified atom stereocenters. The Morgan fingerprint density at radius 1 is 0.706 bits per heavy atom. The molecule has 0 spiro atoms. The molecule has 0 aliphatic rings. The monoisotopic (exact) mass is 906 g/mol. The molecule has 0 N–H and O–H groups in total. The maximum Gasteiger partial charge on any atom is 0 e. The van der Waals surface area contributed by atoms with E-state index in [2.05, 4.69) is 51.5 Å². The molecule has 0 fully saturated rings. The van der Waals surface area contributed by atoms with Crippen LogP contribution in [0.5, 0.6) is 0 Å². The zero-order chi connectivity index (χ0) is 37.2. The Bertz CT molecular complexity index is 2500. The van der Waals surface area contributed by atoms with Crippen molar-refractivity contribution in [3.8, 4) is 22.5 Å². The standard InChI is InChI=1S/C25H18NO.C21H22GeN.Ir/c1-17(18-7-3-2-4-8-18)19-13-14-26-23(16-19)20-11-12-25-22(15-20)21-9-5-6-10-24(21)27-25;1-22(2,3)20-16-23-21(18-12-8-5-9-13-18)15-19(20)14-17-10-6-4-7-11-17;/h2-10,12-17H,1H3;4-12,15-16H,14H2,1-3H3;/q2*-1;/i17D;14D2;. The van der Waals surface area contributed by atoms with Gasteiger partial charge in [-0.25, -0.2) is 0 Å². The van der Waals surface area contributed by atoms with Crippen LogP contribution >= 0.6 is 0 Å². The van der Waals surface area contributed by atoms with Crippen LogP contribution in [0.25, 0.3) is 44.5 Å². The summed E-state index contributed by atoms with van der Waals surface area (Å²) < 4.78 is 33.6. The molecular weight excluding hydrogens is 861 g/mol. The third-order valence-corrected chi connectivity index (χ3v) is 13.0. The predicted octanol–water partition coefficient (Wildman–Crippen LogP) is 11.3. The predicted molar refractivity (Wildman–Crippen MR) is 210 cm³/mol. The van der Waals surface area contributed by atoms with E-state index in [0.717, 1.165) is 65.5 Å². The van der Waals surface area contributed by atoms with Crippen molar-refractivity contribution in [3.05, 3.63) is 186 Å². The van der Waals surface area contributed by atoms with Crippen molar-refractivity contribution in [2.75, 3.05) is 0 Å². The number of pyridine rings is 2. The molecule has 0 amide bonds. The average molecular weight is 905 g/mol. The van der Waals surface area contributed by atoms with Gasteiger partial charge in [0.1, 0.15) is 5.58 Å². The molecule has 255 valence electrons. The van der Waals surface area contributed by atoms with Crippen LogP contribution in [-0.2, 0) is 26.5 Å². The molecule has 0 aliphatic heterocycles. The van der Waals surface area contributed by atoms with E-state index in [9.17, 15) is 0 Å². The van der Waals surface area contributed by atoms with Crippen LogP contribution in [0.2, 0.25) is 17.3 Å². The van der Waals surface area contributed by atoms with Crippen LogP contribution in [0.4, 0.5) is 0 Å².